The van der Waals surface area contributed by atoms with Gasteiger partial charge < -0.3 is 20.1 Å². The average molecular weight is 279 g/mol. The van der Waals surface area contributed by atoms with Gasteiger partial charge in [-0.15, -0.1) is 0 Å². The summed E-state index contributed by atoms with van der Waals surface area (Å²) in [6, 6.07) is 8.50. The van der Waals surface area contributed by atoms with E-state index in [1.165, 1.54) is 5.69 Å². The van der Waals surface area contributed by atoms with Crippen molar-refractivity contribution in [1.29, 1.82) is 0 Å². The Morgan fingerprint density at radius 1 is 1.15 bits per heavy atom. The Labute approximate surface area is 121 Å². The summed E-state index contributed by atoms with van der Waals surface area (Å²) in [5.74, 6) is 0.938. The third-order valence-electron chi connectivity index (χ3n) is 3.89. The topological polar surface area (TPSA) is 51.0 Å². The van der Waals surface area contributed by atoms with E-state index in [0.717, 1.165) is 31.9 Å². The quantitative estimate of drug-likeness (QED) is 0.834. The Hall–Kier alpha value is -1.30. The number of anilines is 1. The number of nitrogens with zero attached hydrogens (tertiary/aromatic N) is 2. The molecule has 0 bridgehead atoms. The third-order valence-corrected chi connectivity index (χ3v) is 3.89. The molecule has 1 aromatic carbocycles. The molecule has 1 aliphatic rings. The molecule has 1 unspecified atom stereocenters. The highest BCUT2D eigenvalue weighted by molar-refractivity contribution is 5.58. The van der Waals surface area contributed by atoms with Gasteiger partial charge in [0.1, 0.15) is 5.75 Å². The second kappa shape index (κ2) is 7.47. The second-order valence-electron chi connectivity index (χ2n) is 5.04. The Morgan fingerprint density at radius 2 is 1.85 bits per heavy atom. The van der Waals surface area contributed by atoms with Crippen molar-refractivity contribution in [2.75, 3.05) is 58.5 Å². The molecule has 1 atom stereocenters. The molecule has 1 saturated heterocycles. The first-order chi connectivity index (χ1) is 9.80. The van der Waals surface area contributed by atoms with Crippen LogP contribution in [0.4, 0.5) is 5.69 Å². The molecule has 1 aromatic rings. The highest BCUT2D eigenvalue weighted by Gasteiger charge is 2.24. The minimum absolute atomic E-state index is 0.319. The predicted molar refractivity (Wildman–Crippen MR) is 81.5 cm³/mol. The number of para-hydroxylation sites is 2. The van der Waals surface area contributed by atoms with Gasteiger partial charge in [0, 0.05) is 45.9 Å². The molecule has 0 spiro atoms. The smallest absolute Gasteiger partial charge is 0.142 e. The lowest BCUT2D eigenvalue weighted by Gasteiger charge is -2.40. The van der Waals surface area contributed by atoms with Gasteiger partial charge in [0.15, 0.2) is 0 Å². The lowest BCUT2D eigenvalue weighted by Crippen LogP contribution is -2.53. The summed E-state index contributed by atoms with van der Waals surface area (Å²) < 4.78 is 10.7. The Bertz CT molecular complexity index is 406. The Kier molecular flexibility index (Phi) is 5.64. The fourth-order valence-corrected chi connectivity index (χ4v) is 2.73. The lowest BCUT2D eigenvalue weighted by atomic mass is 10.2. The van der Waals surface area contributed by atoms with Crippen LogP contribution >= 0.6 is 0 Å². The molecule has 0 aliphatic carbocycles. The number of hydrogen-bond acceptors (Lipinski definition) is 5. The first-order valence-electron chi connectivity index (χ1n) is 7.11. The molecule has 0 amide bonds. The molecule has 0 saturated carbocycles. The zero-order valence-corrected chi connectivity index (χ0v) is 12.4. The first-order valence-corrected chi connectivity index (χ1v) is 7.11. The number of methoxy groups -OCH3 is 2. The van der Waals surface area contributed by atoms with E-state index in [0.29, 0.717) is 19.2 Å². The summed E-state index contributed by atoms with van der Waals surface area (Å²) in [4.78, 5) is 4.78. The molecule has 5 nitrogen and oxygen atoms in total. The van der Waals surface area contributed by atoms with Gasteiger partial charge >= 0.3 is 0 Å². The predicted octanol–water partition coefficient (Wildman–Crippen LogP) is 0.791. The van der Waals surface area contributed by atoms with Crippen molar-refractivity contribution in [2.45, 2.75) is 6.04 Å². The minimum atomic E-state index is 0.319. The number of nitrogens with two attached hydrogens (primary N) is 1. The van der Waals surface area contributed by atoms with E-state index in [9.17, 15) is 0 Å². The van der Waals surface area contributed by atoms with Crippen molar-refractivity contribution < 1.29 is 9.47 Å². The van der Waals surface area contributed by atoms with Crippen LogP contribution in [0.5, 0.6) is 5.75 Å². The number of rotatable bonds is 6. The largest absolute Gasteiger partial charge is 0.495 e. The van der Waals surface area contributed by atoms with Crippen molar-refractivity contribution in [1.82, 2.24) is 4.90 Å². The van der Waals surface area contributed by atoms with Crippen LogP contribution in [0, 0.1) is 0 Å². The summed E-state index contributed by atoms with van der Waals surface area (Å²) in [6.07, 6.45) is 0. The summed E-state index contributed by atoms with van der Waals surface area (Å²) in [5, 5.41) is 0. The molecule has 0 radical (unpaired) electrons. The van der Waals surface area contributed by atoms with Gasteiger partial charge in [0.05, 0.1) is 19.4 Å². The van der Waals surface area contributed by atoms with Crippen LogP contribution in [-0.4, -0.2) is 64.5 Å². The summed E-state index contributed by atoms with van der Waals surface area (Å²) in [6.45, 7) is 5.32. The molecule has 20 heavy (non-hydrogen) atoms. The van der Waals surface area contributed by atoms with E-state index >= 15 is 0 Å². The minimum Gasteiger partial charge on any atom is -0.495 e. The van der Waals surface area contributed by atoms with E-state index in [2.05, 4.69) is 21.9 Å². The van der Waals surface area contributed by atoms with Crippen LogP contribution in [0.2, 0.25) is 0 Å². The molecule has 1 fully saturated rings. The average Bonchev–Trinajstić information content (AvgIpc) is 2.53. The molecule has 2 N–H and O–H groups in total. The number of ether oxygens (including phenoxy) is 2. The number of piperazine rings is 1. The maximum Gasteiger partial charge on any atom is 0.142 e. The molecule has 1 heterocycles. The molecule has 2 rings (SSSR count). The van der Waals surface area contributed by atoms with Crippen molar-refractivity contribution >= 4 is 5.69 Å². The summed E-state index contributed by atoms with van der Waals surface area (Å²) in [7, 11) is 3.45. The van der Waals surface area contributed by atoms with Gasteiger partial charge in [-0.3, -0.25) is 4.90 Å². The van der Waals surface area contributed by atoms with Crippen molar-refractivity contribution in [2.24, 2.45) is 5.73 Å². The van der Waals surface area contributed by atoms with E-state index in [-0.39, 0.29) is 0 Å². The SMILES string of the molecule is COCC(CN)N1CCN(c2ccccc2OC)CC1. The number of hydrogen-bond donors (Lipinski definition) is 1. The van der Waals surface area contributed by atoms with Crippen LogP contribution in [-0.2, 0) is 4.74 Å². The maximum absolute atomic E-state index is 5.83. The molecule has 112 valence electrons. The lowest BCUT2D eigenvalue weighted by molar-refractivity contribution is 0.0899. The third kappa shape index (κ3) is 3.42. The second-order valence-corrected chi connectivity index (χ2v) is 5.04. The first kappa shape index (κ1) is 15.1. The monoisotopic (exact) mass is 279 g/mol. The van der Waals surface area contributed by atoms with Gasteiger partial charge in [0.25, 0.3) is 0 Å². The Morgan fingerprint density at radius 3 is 2.45 bits per heavy atom. The van der Waals surface area contributed by atoms with Crippen LogP contribution in [0.1, 0.15) is 0 Å². The number of benzene rings is 1. The van der Waals surface area contributed by atoms with Crippen LogP contribution < -0.4 is 15.4 Å². The fourth-order valence-electron chi connectivity index (χ4n) is 2.73. The molecule has 0 aromatic heterocycles. The van der Waals surface area contributed by atoms with E-state index in [1.54, 1.807) is 14.2 Å². The van der Waals surface area contributed by atoms with Crippen LogP contribution in [0.3, 0.4) is 0 Å². The van der Waals surface area contributed by atoms with Crippen LogP contribution in [0.25, 0.3) is 0 Å². The van der Waals surface area contributed by atoms with Crippen molar-refractivity contribution in [3.8, 4) is 5.75 Å². The molecular formula is C15H25N3O2. The van der Waals surface area contributed by atoms with Gasteiger partial charge in [-0.25, -0.2) is 0 Å². The standard InChI is InChI=1S/C15H25N3O2/c1-19-12-13(11-16)17-7-9-18(10-8-17)14-5-3-4-6-15(14)20-2/h3-6,13H,7-12,16H2,1-2H3. The van der Waals surface area contributed by atoms with Crippen molar-refractivity contribution in [3.63, 3.8) is 0 Å². The van der Waals surface area contributed by atoms with Gasteiger partial charge in [-0.05, 0) is 12.1 Å². The summed E-state index contributed by atoms with van der Waals surface area (Å²) >= 11 is 0. The summed E-state index contributed by atoms with van der Waals surface area (Å²) in [5.41, 5.74) is 7.00. The normalized spacial score (nSPS) is 18.1. The Balaban J connectivity index is 1.97. The van der Waals surface area contributed by atoms with Crippen molar-refractivity contribution in [3.05, 3.63) is 24.3 Å². The van der Waals surface area contributed by atoms with Crippen LogP contribution in [0.15, 0.2) is 24.3 Å². The maximum atomic E-state index is 5.83. The highest BCUT2D eigenvalue weighted by Crippen LogP contribution is 2.28. The van der Waals surface area contributed by atoms with Gasteiger partial charge in [-0.2, -0.15) is 0 Å². The zero-order valence-electron chi connectivity index (χ0n) is 12.4. The van der Waals surface area contributed by atoms with E-state index in [4.69, 9.17) is 15.2 Å². The van der Waals surface area contributed by atoms with E-state index < -0.39 is 0 Å². The fraction of sp³-hybridized carbons (Fsp3) is 0.600. The molecule has 1 aliphatic heterocycles. The van der Waals surface area contributed by atoms with Gasteiger partial charge in [0.2, 0.25) is 0 Å². The molecular weight excluding hydrogens is 254 g/mol. The zero-order chi connectivity index (χ0) is 14.4. The van der Waals surface area contributed by atoms with E-state index in [1.807, 2.05) is 12.1 Å². The molecule has 5 heteroatoms. The highest BCUT2D eigenvalue weighted by atomic mass is 16.5. The van der Waals surface area contributed by atoms with Gasteiger partial charge in [-0.1, -0.05) is 12.1 Å².